The van der Waals surface area contributed by atoms with E-state index in [-0.39, 0.29) is 24.0 Å². The van der Waals surface area contributed by atoms with Gasteiger partial charge in [0.1, 0.15) is 11.5 Å². The van der Waals surface area contributed by atoms with E-state index in [9.17, 15) is 9.59 Å². The normalized spacial score (nSPS) is 18.4. The van der Waals surface area contributed by atoms with E-state index in [1.807, 2.05) is 103 Å². The molecule has 0 spiro atoms. The van der Waals surface area contributed by atoms with Crippen LogP contribution in [0.5, 0.6) is 5.75 Å². The van der Waals surface area contributed by atoms with E-state index < -0.39 is 6.04 Å². The monoisotopic (exact) mass is 540 g/mol. The number of ketones is 1. The summed E-state index contributed by atoms with van der Waals surface area (Å²) in [5.41, 5.74) is 4.14. The third-order valence-electron chi connectivity index (χ3n) is 8.11. The first-order valence-electron chi connectivity index (χ1n) is 13.7. The van der Waals surface area contributed by atoms with Crippen LogP contribution in [0.4, 0.5) is 11.4 Å². The maximum atomic E-state index is 14.9. The number of benzene rings is 4. The van der Waals surface area contributed by atoms with Gasteiger partial charge in [-0.25, -0.2) is 0 Å². The molecule has 0 radical (unpaired) electrons. The molecule has 0 saturated carbocycles. The standard InChI is InChI=1S/C35H28N2O4/c1-40-32-17-7-4-13-26(32)34-33-28(20-23(21-30(33)38)31-18-9-19-41-31)36-27-15-5-6-16-29(27)37(34)35(39)25-14-8-11-22-10-2-3-12-24(22)25/h2-19,23,34,36H,20-21H2,1H3/t23-,34+/m1/s1. The second kappa shape index (κ2) is 10.1. The highest BCUT2D eigenvalue weighted by molar-refractivity contribution is 6.17. The number of Topliss-reactive ketones (excluding diaryl/α,β-unsaturated/α-hetero) is 1. The lowest BCUT2D eigenvalue weighted by Gasteiger charge is -2.35. The van der Waals surface area contributed by atoms with Gasteiger partial charge in [-0.1, -0.05) is 66.7 Å². The predicted molar refractivity (Wildman–Crippen MR) is 159 cm³/mol. The van der Waals surface area contributed by atoms with Crippen LogP contribution in [0.25, 0.3) is 10.8 Å². The van der Waals surface area contributed by atoms with Crippen LogP contribution in [-0.4, -0.2) is 18.8 Å². The minimum absolute atomic E-state index is 0.0282. The van der Waals surface area contributed by atoms with Crippen molar-refractivity contribution in [2.75, 3.05) is 17.3 Å². The largest absolute Gasteiger partial charge is 0.496 e. The van der Waals surface area contributed by atoms with Crippen LogP contribution in [0, 0.1) is 0 Å². The molecule has 7 rings (SSSR count). The van der Waals surface area contributed by atoms with Crippen LogP contribution in [0.3, 0.4) is 0 Å². The van der Waals surface area contributed by atoms with Crippen LogP contribution in [0.1, 0.15) is 46.5 Å². The molecule has 0 unspecified atom stereocenters. The fourth-order valence-corrected chi connectivity index (χ4v) is 6.27. The lowest BCUT2D eigenvalue weighted by molar-refractivity contribution is -0.116. The number of rotatable bonds is 4. The van der Waals surface area contributed by atoms with E-state index in [0.717, 1.165) is 33.5 Å². The van der Waals surface area contributed by atoms with Gasteiger partial charge in [0, 0.05) is 34.7 Å². The summed E-state index contributed by atoms with van der Waals surface area (Å²) in [6.07, 6.45) is 2.50. The molecule has 41 heavy (non-hydrogen) atoms. The Morgan fingerprint density at radius 1 is 0.878 bits per heavy atom. The summed E-state index contributed by atoms with van der Waals surface area (Å²) < 4.78 is 11.5. The van der Waals surface area contributed by atoms with E-state index >= 15 is 0 Å². The summed E-state index contributed by atoms with van der Waals surface area (Å²) in [5, 5.41) is 5.41. The van der Waals surface area contributed by atoms with Crippen LogP contribution >= 0.6 is 0 Å². The van der Waals surface area contributed by atoms with Gasteiger partial charge in [-0.05, 0) is 53.6 Å². The third kappa shape index (κ3) is 4.19. The topological polar surface area (TPSA) is 71.8 Å². The molecule has 202 valence electrons. The van der Waals surface area contributed by atoms with Crippen molar-refractivity contribution in [3.05, 3.63) is 138 Å². The van der Waals surface area contributed by atoms with E-state index in [1.54, 1.807) is 18.3 Å². The molecular weight excluding hydrogens is 512 g/mol. The number of nitrogens with one attached hydrogen (secondary N) is 1. The molecule has 0 saturated heterocycles. The number of allylic oxidation sites excluding steroid dienone is 1. The molecule has 0 fully saturated rings. The number of hydrogen-bond donors (Lipinski definition) is 1. The quantitative estimate of drug-likeness (QED) is 0.253. The number of fused-ring (bicyclic) bond motifs is 2. The Morgan fingerprint density at radius 3 is 2.51 bits per heavy atom. The van der Waals surface area contributed by atoms with Crippen LogP contribution in [-0.2, 0) is 4.79 Å². The molecule has 4 aromatic carbocycles. The minimum atomic E-state index is -0.714. The number of ether oxygens (including phenoxy) is 1. The van der Waals surface area contributed by atoms with Crippen LogP contribution in [0.15, 0.2) is 125 Å². The number of carbonyl (C=O) groups is 2. The molecule has 2 heterocycles. The highest BCUT2D eigenvalue weighted by Crippen LogP contribution is 2.49. The molecule has 1 aromatic heterocycles. The van der Waals surface area contributed by atoms with Crippen molar-refractivity contribution in [1.82, 2.24) is 0 Å². The van der Waals surface area contributed by atoms with Gasteiger partial charge in [-0.15, -0.1) is 0 Å². The van der Waals surface area contributed by atoms with Gasteiger partial charge in [-0.3, -0.25) is 14.5 Å². The van der Waals surface area contributed by atoms with Crippen molar-refractivity contribution in [2.45, 2.75) is 24.8 Å². The van der Waals surface area contributed by atoms with Crippen molar-refractivity contribution >= 4 is 33.8 Å². The predicted octanol–water partition coefficient (Wildman–Crippen LogP) is 7.66. The number of para-hydroxylation sites is 3. The Balaban J connectivity index is 1.49. The molecule has 1 amide bonds. The van der Waals surface area contributed by atoms with E-state index in [2.05, 4.69) is 5.32 Å². The van der Waals surface area contributed by atoms with Gasteiger partial charge in [0.25, 0.3) is 5.91 Å². The molecule has 5 aromatic rings. The Labute approximate surface area is 237 Å². The summed E-state index contributed by atoms with van der Waals surface area (Å²) in [4.78, 5) is 30.8. The number of methoxy groups -OCH3 is 1. The molecule has 2 atom stereocenters. The Bertz CT molecular complexity index is 1820. The van der Waals surface area contributed by atoms with Gasteiger partial charge in [0.05, 0.1) is 30.8 Å². The Hall–Kier alpha value is -5.10. The second-order valence-corrected chi connectivity index (χ2v) is 10.4. The molecule has 2 aliphatic rings. The first-order chi connectivity index (χ1) is 20.1. The average Bonchev–Trinajstić information content (AvgIpc) is 3.51. The molecule has 1 aliphatic carbocycles. The van der Waals surface area contributed by atoms with E-state index in [0.29, 0.717) is 29.0 Å². The lowest BCUT2D eigenvalue weighted by Crippen LogP contribution is -2.38. The molecule has 6 nitrogen and oxygen atoms in total. The molecule has 6 heteroatoms. The zero-order chi connectivity index (χ0) is 27.9. The second-order valence-electron chi connectivity index (χ2n) is 10.4. The number of nitrogens with zero attached hydrogens (tertiary/aromatic N) is 1. The number of carbonyl (C=O) groups excluding carboxylic acids is 2. The first kappa shape index (κ1) is 24.9. The van der Waals surface area contributed by atoms with E-state index in [4.69, 9.17) is 9.15 Å². The minimum Gasteiger partial charge on any atom is -0.496 e. The average molecular weight is 541 g/mol. The zero-order valence-corrected chi connectivity index (χ0v) is 22.5. The summed E-state index contributed by atoms with van der Waals surface area (Å²) >= 11 is 0. The van der Waals surface area contributed by atoms with Gasteiger partial charge in [-0.2, -0.15) is 0 Å². The molecular formula is C35H28N2O4. The van der Waals surface area contributed by atoms with Gasteiger partial charge >= 0.3 is 0 Å². The third-order valence-corrected chi connectivity index (χ3v) is 8.11. The highest BCUT2D eigenvalue weighted by Gasteiger charge is 2.43. The molecule has 1 aliphatic heterocycles. The van der Waals surface area contributed by atoms with Crippen molar-refractivity contribution in [3.8, 4) is 5.75 Å². The van der Waals surface area contributed by atoms with Crippen molar-refractivity contribution < 1.29 is 18.7 Å². The summed E-state index contributed by atoms with van der Waals surface area (Å²) in [6.45, 7) is 0. The zero-order valence-electron chi connectivity index (χ0n) is 22.5. The lowest BCUT2D eigenvalue weighted by atomic mass is 9.79. The molecule has 1 N–H and O–H groups in total. The number of anilines is 2. The van der Waals surface area contributed by atoms with E-state index in [1.165, 1.54) is 0 Å². The maximum absolute atomic E-state index is 14.9. The Morgan fingerprint density at radius 2 is 1.66 bits per heavy atom. The number of amides is 1. The van der Waals surface area contributed by atoms with Crippen molar-refractivity contribution in [2.24, 2.45) is 0 Å². The van der Waals surface area contributed by atoms with Gasteiger partial charge in [0.2, 0.25) is 0 Å². The van der Waals surface area contributed by atoms with Crippen molar-refractivity contribution in [3.63, 3.8) is 0 Å². The van der Waals surface area contributed by atoms with Crippen LogP contribution in [0.2, 0.25) is 0 Å². The highest BCUT2D eigenvalue weighted by atomic mass is 16.5. The smallest absolute Gasteiger partial charge is 0.259 e. The fraction of sp³-hybridized carbons (Fsp3) is 0.143. The van der Waals surface area contributed by atoms with Gasteiger partial charge in [0.15, 0.2) is 5.78 Å². The first-order valence-corrected chi connectivity index (χ1v) is 13.7. The molecule has 0 bridgehead atoms. The summed E-state index contributed by atoms with van der Waals surface area (Å²) in [5.74, 6) is 1.07. The SMILES string of the molecule is COc1ccccc1[C@H]1C2=C(C[C@@H](c3ccco3)CC2=O)Nc2ccccc2N1C(=O)c1cccc2ccccc12. The van der Waals surface area contributed by atoms with Crippen LogP contribution < -0.4 is 15.0 Å². The summed E-state index contributed by atoms with van der Waals surface area (Å²) in [6, 6.07) is 32.1. The number of hydrogen-bond acceptors (Lipinski definition) is 5. The Kier molecular flexibility index (Phi) is 6.16. The maximum Gasteiger partial charge on any atom is 0.259 e. The van der Waals surface area contributed by atoms with Gasteiger partial charge < -0.3 is 14.5 Å². The van der Waals surface area contributed by atoms with Crippen molar-refractivity contribution in [1.29, 1.82) is 0 Å². The number of furan rings is 1. The fourth-order valence-electron chi connectivity index (χ4n) is 6.27. The summed E-state index contributed by atoms with van der Waals surface area (Å²) in [7, 11) is 1.61.